The number of benzene rings is 3. The highest BCUT2D eigenvalue weighted by Gasteiger charge is 2.34. The summed E-state index contributed by atoms with van der Waals surface area (Å²) in [5.41, 5.74) is 4.81. The number of alkyl halides is 1. The van der Waals surface area contributed by atoms with Crippen LogP contribution in [0.15, 0.2) is 85.2 Å². The Morgan fingerprint density at radius 2 is 1.73 bits per heavy atom. The third-order valence-electron chi connectivity index (χ3n) is 9.84. The minimum atomic E-state index is -0.746. The molecule has 10 nitrogen and oxygen atoms in total. The lowest BCUT2D eigenvalue weighted by molar-refractivity contribution is 0.0193. The van der Waals surface area contributed by atoms with Crippen molar-refractivity contribution < 1.29 is 28.2 Å². The highest BCUT2D eigenvalue weighted by molar-refractivity contribution is 6.12. The van der Waals surface area contributed by atoms with Gasteiger partial charge in [-0.1, -0.05) is 24.3 Å². The van der Waals surface area contributed by atoms with Gasteiger partial charge in [-0.25, -0.2) is 8.78 Å². The van der Waals surface area contributed by atoms with Gasteiger partial charge < -0.3 is 19.3 Å². The molecule has 0 saturated carbocycles. The average Bonchev–Trinajstić information content (AvgIpc) is 3.71. The van der Waals surface area contributed by atoms with Crippen LogP contribution in [0.4, 0.5) is 20.2 Å². The molecule has 1 fully saturated rings. The van der Waals surface area contributed by atoms with E-state index in [0.717, 1.165) is 18.7 Å². The highest BCUT2D eigenvalue weighted by atomic mass is 19.1. The van der Waals surface area contributed by atoms with Crippen molar-refractivity contribution in [3.8, 4) is 17.0 Å². The highest BCUT2D eigenvalue weighted by Crippen LogP contribution is 2.36. The number of aryl methyl sites for hydroxylation is 1. The van der Waals surface area contributed by atoms with E-state index in [4.69, 9.17) is 4.74 Å². The van der Waals surface area contributed by atoms with E-state index >= 15 is 4.39 Å². The number of rotatable bonds is 9. The molecule has 51 heavy (non-hydrogen) atoms. The SMILES string of the molecule is Cc1c(C(=O)N(c2ccc(O)cc2)c2cnn(C)c2)cc(-c2cc(F)ccc2C(=O)N2Cc3ccccc3C[C@H]2CN2CCOCC2)n1CCF. The van der Waals surface area contributed by atoms with Crippen molar-refractivity contribution in [3.63, 3.8) is 0 Å². The molecule has 1 saturated heterocycles. The molecule has 3 aromatic carbocycles. The number of hydrogen-bond acceptors (Lipinski definition) is 6. The molecular weight excluding hydrogens is 654 g/mol. The molecule has 0 spiro atoms. The van der Waals surface area contributed by atoms with E-state index in [2.05, 4.69) is 16.1 Å². The van der Waals surface area contributed by atoms with Gasteiger partial charge in [0.05, 0.1) is 42.9 Å². The van der Waals surface area contributed by atoms with E-state index in [1.807, 2.05) is 23.1 Å². The van der Waals surface area contributed by atoms with Crippen LogP contribution in [-0.2, 0) is 31.3 Å². The van der Waals surface area contributed by atoms with Crippen LogP contribution >= 0.6 is 0 Å². The van der Waals surface area contributed by atoms with Gasteiger partial charge in [-0.3, -0.25) is 24.1 Å². The quantitative estimate of drug-likeness (QED) is 0.207. The lowest BCUT2D eigenvalue weighted by Gasteiger charge is -2.40. The molecule has 2 aliphatic rings. The van der Waals surface area contributed by atoms with Gasteiger partial charge in [-0.2, -0.15) is 5.10 Å². The Morgan fingerprint density at radius 1 is 0.980 bits per heavy atom. The molecule has 4 heterocycles. The zero-order valence-electron chi connectivity index (χ0n) is 28.6. The molecule has 264 valence electrons. The summed E-state index contributed by atoms with van der Waals surface area (Å²) in [4.78, 5) is 34.9. The van der Waals surface area contributed by atoms with E-state index in [1.54, 1.807) is 53.8 Å². The summed E-state index contributed by atoms with van der Waals surface area (Å²) in [7, 11) is 1.74. The monoisotopic (exact) mass is 694 g/mol. The summed E-state index contributed by atoms with van der Waals surface area (Å²) >= 11 is 0. The maximum atomic E-state index is 15.2. The number of morpholine rings is 1. The van der Waals surface area contributed by atoms with Gasteiger partial charge in [0.15, 0.2) is 0 Å². The fraction of sp³-hybridized carbons (Fsp3) is 0.308. The van der Waals surface area contributed by atoms with Crippen molar-refractivity contribution in [1.82, 2.24) is 24.1 Å². The second kappa shape index (κ2) is 14.5. The fourth-order valence-electron chi connectivity index (χ4n) is 7.23. The number of fused-ring (bicyclic) bond motifs is 1. The van der Waals surface area contributed by atoms with Crippen molar-refractivity contribution in [2.45, 2.75) is 32.5 Å². The minimum Gasteiger partial charge on any atom is -0.508 e. The Kier molecular flexibility index (Phi) is 9.70. The zero-order chi connectivity index (χ0) is 35.6. The number of halogens is 2. The predicted octanol–water partition coefficient (Wildman–Crippen LogP) is 5.89. The number of ether oxygens (including phenoxy) is 1. The second-order valence-electron chi connectivity index (χ2n) is 13.1. The maximum Gasteiger partial charge on any atom is 0.264 e. The molecule has 0 radical (unpaired) electrons. The van der Waals surface area contributed by atoms with Crippen LogP contribution < -0.4 is 4.90 Å². The molecular formula is C39H40F2N6O4. The van der Waals surface area contributed by atoms with Crippen molar-refractivity contribution in [3.05, 3.63) is 119 Å². The third-order valence-corrected chi connectivity index (χ3v) is 9.84. The third kappa shape index (κ3) is 6.89. The summed E-state index contributed by atoms with van der Waals surface area (Å²) in [6, 6.07) is 19.8. The number of carbonyl (C=O) groups excluding carboxylic acids is 2. The van der Waals surface area contributed by atoms with Gasteiger partial charge in [0.25, 0.3) is 11.8 Å². The summed E-state index contributed by atoms with van der Waals surface area (Å²) < 4.78 is 38.2. The smallest absolute Gasteiger partial charge is 0.264 e. The predicted molar refractivity (Wildman–Crippen MR) is 189 cm³/mol. The molecule has 1 atom stereocenters. The van der Waals surface area contributed by atoms with Crippen LogP contribution in [0.1, 0.15) is 37.5 Å². The number of nitrogens with zero attached hydrogens (tertiary/aromatic N) is 6. The lowest BCUT2D eigenvalue weighted by atomic mass is 9.92. The normalized spacial score (nSPS) is 16.2. The van der Waals surface area contributed by atoms with Crippen LogP contribution in [0.2, 0.25) is 0 Å². The molecule has 1 N–H and O–H groups in total. The van der Waals surface area contributed by atoms with Crippen LogP contribution in [0, 0.1) is 12.7 Å². The summed E-state index contributed by atoms with van der Waals surface area (Å²) in [5.74, 6) is -1.22. The topological polar surface area (TPSA) is 96.1 Å². The van der Waals surface area contributed by atoms with Gasteiger partial charge in [0, 0.05) is 68.0 Å². The van der Waals surface area contributed by atoms with E-state index in [9.17, 15) is 19.1 Å². The van der Waals surface area contributed by atoms with Gasteiger partial charge in [0.2, 0.25) is 0 Å². The number of phenolic OH excluding ortho intramolecular Hbond substituents is 1. The standard InChI is InChI=1S/C39H40F2N6O4/c1-26-35(39(50)47(32-22-42-43(2)24-32)30-8-10-33(48)11-9-30)21-37(45(26)14-13-40)36-20-29(41)7-12-34(36)38(49)46-23-28-6-4-3-5-27(28)19-31(46)25-44-15-17-51-18-16-44/h3-12,20-22,24,31,48H,13-19,23,25H2,1-2H3/t31-/m0/s1. The lowest BCUT2D eigenvalue weighted by Crippen LogP contribution is -2.52. The molecule has 0 unspecified atom stereocenters. The van der Waals surface area contributed by atoms with E-state index in [1.165, 1.54) is 40.8 Å². The van der Waals surface area contributed by atoms with Crippen LogP contribution in [0.25, 0.3) is 11.3 Å². The molecule has 0 bridgehead atoms. The Balaban J connectivity index is 1.30. The van der Waals surface area contributed by atoms with E-state index in [0.29, 0.717) is 55.5 Å². The number of amides is 2. The van der Waals surface area contributed by atoms with E-state index < -0.39 is 18.4 Å². The average molecular weight is 695 g/mol. The first-order valence-electron chi connectivity index (χ1n) is 17.1. The number of phenols is 1. The van der Waals surface area contributed by atoms with Crippen LogP contribution in [0.5, 0.6) is 5.75 Å². The first-order valence-corrected chi connectivity index (χ1v) is 17.1. The Bertz CT molecular complexity index is 2050. The minimum absolute atomic E-state index is 0.0394. The maximum absolute atomic E-state index is 15.2. The number of carbonyl (C=O) groups is 2. The summed E-state index contributed by atoms with van der Waals surface area (Å²) in [6.07, 6.45) is 3.91. The number of aromatic hydroxyl groups is 1. The van der Waals surface area contributed by atoms with Crippen LogP contribution in [0.3, 0.4) is 0 Å². The van der Waals surface area contributed by atoms with Crippen molar-refractivity contribution >= 4 is 23.2 Å². The Morgan fingerprint density at radius 3 is 2.43 bits per heavy atom. The van der Waals surface area contributed by atoms with Crippen LogP contribution in [-0.4, -0.2) is 86.6 Å². The zero-order valence-corrected chi connectivity index (χ0v) is 28.6. The number of hydrogen-bond donors (Lipinski definition) is 1. The summed E-state index contributed by atoms with van der Waals surface area (Å²) in [6.45, 7) is 4.73. The second-order valence-corrected chi connectivity index (χ2v) is 13.1. The molecule has 0 aliphatic carbocycles. The van der Waals surface area contributed by atoms with Crippen molar-refractivity contribution in [2.75, 3.05) is 44.4 Å². The van der Waals surface area contributed by atoms with Gasteiger partial charge in [-0.15, -0.1) is 0 Å². The molecule has 5 aromatic rings. The largest absolute Gasteiger partial charge is 0.508 e. The molecule has 2 amide bonds. The molecule has 2 aromatic heterocycles. The first kappa shape index (κ1) is 34.1. The first-order chi connectivity index (χ1) is 24.7. The number of aromatic nitrogens is 3. The number of anilines is 2. The van der Waals surface area contributed by atoms with Crippen molar-refractivity contribution in [1.29, 1.82) is 0 Å². The van der Waals surface area contributed by atoms with E-state index in [-0.39, 0.29) is 40.9 Å². The molecule has 12 heteroatoms. The van der Waals surface area contributed by atoms with Crippen molar-refractivity contribution in [2.24, 2.45) is 7.05 Å². The van der Waals surface area contributed by atoms with Gasteiger partial charge in [0.1, 0.15) is 18.2 Å². The Labute approximate surface area is 295 Å². The Hall–Kier alpha value is -5.33. The summed E-state index contributed by atoms with van der Waals surface area (Å²) in [5, 5.41) is 14.2. The molecule has 2 aliphatic heterocycles. The molecule has 7 rings (SSSR count). The fourth-order valence-corrected chi connectivity index (χ4v) is 7.23. The van der Waals surface area contributed by atoms with Gasteiger partial charge in [-0.05, 0) is 73.0 Å². The van der Waals surface area contributed by atoms with Gasteiger partial charge >= 0.3 is 0 Å².